The third-order valence-electron chi connectivity index (χ3n) is 6.88. The van der Waals surface area contributed by atoms with Gasteiger partial charge in [0.25, 0.3) is 0 Å². The lowest BCUT2D eigenvalue weighted by molar-refractivity contribution is -0.149. The first-order chi connectivity index (χ1) is 16.8. The molecule has 0 radical (unpaired) electrons. The number of hydrogen-bond acceptors (Lipinski definition) is 5. The number of fused-ring (bicyclic) bond motifs is 3. The van der Waals surface area contributed by atoms with Crippen LogP contribution in [0, 0.1) is 11.8 Å². The monoisotopic (exact) mass is 480 g/mol. The predicted molar refractivity (Wildman–Crippen MR) is 130 cm³/mol. The second-order valence-electron chi connectivity index (χ2n) is 9.51. The van der Waals surface area contributed by atoms with E-state index in [2.05, 4.69) is 34.9 Å². The van der Waals surface area contributed by atoms with E-state index in [0.29, 0.717) is 13.0 Å². The summed E-state index contributed by atoms with van der Waals surface area (Å²) in [5.74, 6) is -1.56. The minimum Gasteiger partial charge on any atom is -0.479 e. The van der Waals surface area contributed by atoms with E-state index >= 15 is 0 Å². The van der Waals surface area contributed by atoms with E-state index in [1.165, 1.54) is 0 Å². The van der Waals surface area contributed by atoms with Gasteiger partial charge in [-0.3, -0.25) is 4.79 Å². The van der Waals surface area contributed by atoms with Crippen molar-refractivity contribution in [1.82, 2.24) is 10.6 Å². The van der Waals surface area contributed by atoms with E-state index in [1.807, 2.05) is 38.1 Å². The van der Waals surface area contributed by atoms with Gasteiger partial charge in [-0.05, 0) is 34.6 Å². The largest absolute Gasteiger partial charge is 0.479 e. The number of benzene rings is 2. The normalized spacial score (nSPS) is 19.6. The Bertz CT molecular complexity index is 1040. The van der Waals surface area contributed by atoms with Crippen molar-refractivity contribution in [2.75, 3.05) is 19.8 Å². The van der Waals surface area contributed by atoms with Gasteiger partial charge in [-0.15, -0.1) is 0 Å². The zero-order valence-corrected chi connectivity index (χ0v) is 20.0. The second-order valence-corrected chi connectivity index (χ2v) is 9.51. The average Bonchev–Trinajstić information content (AvgIpc) is 3.44. The Balaban J connectivity index is 1.30. The fourth-order valence-corrected chi connectivity index (χ4v) is 4.88. The highest BCUT2D eigenvalue weighted by atomic mass is 16.5. The number of rotatable bonds is 9. The number of hydrogen-bond donors (Lipinski definition) is 3. The summed E-state index contributed by atoms with van der Waals surface area (Å²) in [4.78, 5) is 36.4. The Hall–Kier alpha value is -3.39. The Kier molecular flexibility index (Phi) is 7.70. The smallest absolute Gasteiger partial charge is 0.407 e. The van der Waals surface area contributed by atoms with E-state index < -0.39 is 24.2 Å². The van der Waals surface area contributed by atoms with Crippen LogP contribution in [0.5, 0.6) is 0 Å². The summed E-state index contributed by atoms with van der Waals surface area (Å²) in [6.07, 6.45) is -0.792. The fourth-order valence-electron chi connectivity index (χ4n) is 4.88. The first kappa shape index (κ1) is 24.7. The van der Waals surface area contributed by atoms with Gasteiger partial charge in [0.05, 0.1) is 0 Å². The van der Waals surface area contributed by atoms with Crippen LogP contribution in [0.25, 0.3) is 11.1 Å². The SMILES string of the molecule is CC(C)[C@@H](CC(=O)NCC1CCOC1C(=O)O)NC(=O)OCC1c2ccccc2-c2ccccc21. The summed E-state index contributed by atoms with van der Waals surface area (Å²) in [6, 6.07) is 15.9. The standard InChI is InChI=1S/C27H32N2O6/c1-16(2)23(13-24(30)28-14-17-11-12-34-25(17)26(31)32)29-27(33)35-15-22-20-9-5-3-7-18(20)19-8-4-6-10-21(19)22/h3-10,16-17,22-23,25H,11-15H2,1-2H3,(H,28,30)(H,29,33)(H,31,32)/t17?,23-,25?/m1/s1. The molecule has 3 N–H and O–H groups in total. The molecule has 1 aliphatic heterocycles. The molecular formula is C27H32N2O6. The van der Waals surface area contributed by atoms with E-state index in [4.69, 9.17) is 9.47 Å². The predicted octanol–water partition coefficient (Wildman–Crippen LogP) is 3.55. The third kappa shape index (κ3) is 5.65. The summed E-state index contributed by atoms with van der Waals surface area (Å²) >= 11 is 0. The molecule has 8 nitrogen and oxygen atoms in total. The van der Waals surface area contributed by atoms with Gasteiger partial charge in [0.1, 0.15) is 6.61 Å². The van der Waals surface area contributed by atoms with Crippen molar-refractivity contribution in [3.63, 3.8) is 0 Å². The van der Waals surface area contributed by atoms with Crippen LogP contribution in [0.1, 0.15) is 43.7 Å². The van der Waals surface area contributed by atoms with E-state index in [1.54, 1.807) is 0 Å². The highest BCUT2D eigenvalue weighted by Crippen LogP contribution is 2.44. The molecule has 1 heterocycles. The van der Waals surface area contributed by atoms with E-state index in [9.17, 15) is 19.5 Å². The van der Waals surface area contributed by atoms with Crippen molar-refractivity contribution < 1.29 is 29.0 Å². The van der Waals surface area contributed by atoms with Crippen molar-refractivity contribution in [3.8, 4) is 11.1 Å². The number of nitrogens with one attached hydrogen (secondary N) is 2. The highest BCUT2D eigenvalue weighted by Gasteiger charge is 2.34. The molecule has 1 saturated heterocycles. The van der Waals surface area contributed by atoms with Gasteiger partial charge in [0, 0.05) is 37.5 Å². The molecule has 8 heteroatoms. The van der Waals surface area contributed by atoms with Gasteiger partial charge in [0.2, 0.25) is 5.91 Å². The minimum atomic E-state index is -1.02. The number of amides is 2. The molecular weight excluding hydrogens is 448 g/mol. The van der Waals surface area contributed by atoms with Crippen LogP contribution < -0.4 is 10.6 Å². The van der Waals surface area contributed by atoms with Crippen LogP contribution in [-0.2, 0) is 19.1 Å². The molecule has 186 valence electrons. The molecule has 2 aliphatic rings. The number of carbonyl (C=O) groups excluding carboxylic acids is 2. The first-order valence-corrected chi connectivity index (χ1v) is 12.1. The number of carboxylic acids is 1. The quantitative estimate of drug-likeness (QED) is 0.506. The van der Waals surface area contributed by atoms with Gasteiger partial charge in [-0.1, -0.05) is 62.4 Å². The molecule has 2 aromatic rings. The van der Waals surface area contributed by atoms with Crippen LogP contribution in [0.2, 0.25) is 0 Å². The molecule has 0 saturated carbocycles. The summed E-state index contributed by atoms with van der Waals surface area (Å²) in [5, 5.41) is 14.8. The lowest BCUT2D eigenvalue weighted by Gasteiger charge is -2.23. The lowest BCUT2D eigenvalue weighted by atomic mass is 9.98. The maximum Gasteiger partial charge on any atom is 0.407 e. The van der Waals surface area contributed by atoms with Crippen LogP contribution in [0.3, 0.4) is 0 Å². The average molecular weight is 481 g/mol. The Morgan fingerprint density at radius 2 is 1.69 bits per heavy atom. The Morgan fingerprint density at radius 1 is 1.06 bits per heavy atom. The van der Waals surface area contributed by atoms with Crippen LogP contribution in [0.15, 0.2) is 48.5 Å². The number of carbonyl (C=O) groups is 3. The number of alkyl carbamates (subject to hydrolysis) is 1. The Morgan fingerprint density at radius 3 is 2.29 bits per heavy atom. The molecule has 2 amide bonds. The zero-order valence-electron chi connectivity index (χ0n) is 20.0. The third-order valence-corrected chi connectivity index (χ3v) is 6.88. The first-order valence-electron chi connectivity index (χ1n) is 12.1. The minimum absolute atomic E-state index is 0.00261. The molecule has 1 fully saturated rings. The van der Waals surface area contributed by atoms with E-state index in [-0.39, 0.29) is 43.2 Å². The van der Waals surface area contributed by atoms with Crippen molar-refractivity contribution in [2.45, 2.75) is 44.8 Å². The molecule has 2 unspecified atom stereocenters. The molecule has 0 aromatic heterocycles. The van der Waals surface area contributed by atoms with E-state index in [0.717, 1.165) is 22.3 Å². The molecule has 4 rings (SSSR count). The van der Waals surface area contributed by atoms with Gasteiger partial charge in [0.15, 0.2) is 6.10 Å². The summed E-state index contributed by atoms with van der Waals surface area (Å²) in [5.41, 5.74) is 4.59. The summed E-state index contributed by atoms with van der Waals surface area (Å²) in [6.45, 7) is 4.65. The molecule has 35 heavy (non-hydrogen) atoms. The zero-order chi connectivity index (χ0) is 24.9. The number of carboxylic acid groups (broad SMARTS) is 1. The van der Waals surface area contributed by atoms with Gasteiger partial charge < -0.3 is 25.2 Å². The molecule has 0 spiro atoms. The van der Waals surface area contributed by atoms with Crippen molar-refractivity contribution in [1.29, 1.82) is 0 Å². The molecule has 3 atom stereocenters. The van der Waals surface area contributed by atoms with Crippen LogP contribution in [0.4, 0.5) is 4.79 Å². The molecule has 0 bridgehead atoms. The second kappa shape index (κ2) is 10.9. The summed E-state index contributed by atoms with van der Waals surface area (Å²) in [7, 11) is 0. The van der Waals surface area contributed by atoms with Crippen molar-refractivity contribution >= 4 is 18.0 Å². The van der Waals surface area contributed by atoms with Crippen LogP contribution >= 0.6 is 0 Å². The van der Waals surface area contributed by atoms with Gasteiger partial charge in [-0.25, -0.2) is 9.59 Å². The van der Waals surface area contributed by atoms with Gasteiger partial charge >= 0.3 is 12.1 Å². The molecule has 1 aliphatic carbocycles. The lowest BCUT2D eigenvalue weighted by Crippen LogP contribution is -2.44. The van der Waals surface area contributed by atoms with Crippen molar-refractivity contribution in [3.05, 3.63) is 59.7 Å². The Labute approximate surface area is 205 Å². The number of aliphatic carboxylic acids is 1. The summed E-state index contributed by atoms with van der Waals surface area (Å²) < 4.78 is 10.8. The number of ether oxygens (including phenoxy) is 2. The fraction of sp³-hybridized carbons (Fsp3) is 0.444. The van der Waals surface area contributed by atoms with Crippen molar-refractivity contribution in [2.24, 2.45) is 11.8 Å². The maximum atomic E-state index is 12.7. The van der Waals surface area contributed by atoms with Crippen LogP contribution in [-0.4, -0.2) is 55.0 Å². The maximum absolute atomic E-state index is 12.7. The molecule has 2 aromatic carbocycles. The topological polar surface area (TPSA) is 114 Å². The van der Waals surface area contributed by atoms with Gasteiger partial charge in [-0.2, -0.15) is 0 Å². The highest BCUT2D eigenvalue weighted by molar-refractivity contribution is 5.80.